The first kappa shape index (κ1) is 15.3. The van der Waals surface area contributed by atoms with Gasteiger partial charge in [-0.2, -0.15) is 10.2 Å². The zero-order chi connectivity index (χ0) is 16.6. The summed E-state index contributed by atoms with van der Waals surface area (Å²) >= 11 is 0. The summed E-state index contributed by atoms with van der Waals surface area (Å²) in [5.74, 6) is -0.0551. The Hall–Kier alpha value is -2.64. The number of hydrogen-bond donors (Lipinski definition) is 1. The average molecular weight is 316 g/mol. The molecule has 0 aliphatic heterocycles. The first-order valence-corrected chi connectivity index (χ1v) is 7.59. The van der Waals surface area contributed by atoms with E-state index in [9.17, 15) is 4.79 Å². The number of nitrogens with zero attached hydrogens (tertiary/aromatic N) is 5. The van der Waals surface area contributed by atoms with Crippen molar-refractivity contribution in [2.75, 3.05) is 6.54 Å². The lowest BCUT2D eigenvalue weighted by molar-refractivity contribution is 0.0915. The van der Waals surface area contributed by atoms with Gasteiger partial charge in [0.2, 0.25) is 5.76 Å². The second kappa shape index (κ2) is 5.86. The van der Waals surface area contributed by atoms with Crippen LogP contribution in [0.1, 0.15) is 41.8 Å². The van der Waals surface area contributed by atoms with Gasteiger partial charge in [-0.05, 0) is 27.7 Å². The fourth-order valence-electron chi connectivity index (χ4n) is 2.57. The van der Waals surface area contributed by atoms with Gasteiger partial charge in [-0.1, -0.05) is 5.16 Å². The molecule has 1 amide bonds. The Bertz CT molecular complexity index is 842. The number of hydrogen-bond acceptors (Lipinski definition) is 5. The van der Waals surface area contributed by atoms with Gasteiger partial charge in [0.05, 0.1) is 24.1 Å². The Morgan fingerprint density at radius 1 is 1.39 bits per heavy atom. The topological polar surface area (TPSA) is 90.8 Å². The van der Waals surface area contributed by atoms with Crippen molar-refractivity contribution in [2.24, 2.45) is 0 Å². The Labute approximate surface area is 133 Å². The van der Waals surface area contributed by atoms with Crippen LogP contribution in [0.15, 0.2) is 16.8 Å². The highest BCUT2D eigenvalue weighted by Crippen LogP contribution is 2.20. The van der Waals surface area contributed by atoms with Crippen LogP contribution in [-0.2, 0) is 6.54 Å². The van der Waals surface area contributed by atoms with Gasteiger partial charge in [0.15, 0.2) is 0 Å². The van der Waals surface area contributed by atoms with E-state index in [1.165, 1.54) is 0 Å². The quantitative estimate of drug-likeness (QED) is 0.775. The summed E-state index contributed by atoms with van der Waals surface area (Å²) in [7, 11) is 0. The standard InChI is InChI=1S/C15H20N6O2/c1-9(2)21-12-8-17-20(14(12)11(4)18-21)6-5-16-15(22)13-7-10(3)19-23-13/h7-9H,5-6H2,1-4H3,(H,16,22). The van der Waals surface area contributed by atoms with Crippen LogP contribution in [0.4, 0.5) is 0 Å². The maximum Gasteiger partial charge on any atom is 0.289 e. The first-order valence-electron chi connectivity index (χ1n) is 7.59. The van der Waals surface area contributed by atoms with Crippen molar-refractivity contribution in [3.63, 3.8) is 0 Å². The molecule has 0 aliphatic rings. The molecule has 0 radical (unpaired) electrons. The van der Waals surface area contributed by atoms with Crippen molar-refractivity contribution in [2.45, 2.75) is 40.3 Å². The van der Waals surface area contributed by atoms with Crippen LogP contribution in [0.5, 0.6) is 0 Å². The SMILES string of the molecule is Cc1cc(C(=O)NCCn2ncc3c2c(C)nn3C(C)C)on1. The molecule has 3 rings (SSSR count). The summed E-state index contributed by atoms with van der Waals surface area (Å²) in [5, 5.41) is 15.5. The Morgan fingerprint density at radius 2 is 2.17 bits per heavy atom. The number of aryl methyl sites for hydroxylation is 2. The zero-order valence-electron chi connectivity index (χ0n) is 13.7. The number of aromatic nitrogens is 5. The molecular formula is C15H20N6O2. The molecule has 3 aromatic rings. The van der Waals surface area contributed by atoms with Crippen molar-refractivity contribution in [3.8, 4) is 0 Å². The van der Waals surface area contributed by atoms with Gasteiger partial charge in [-0.3, -0.25) is 14.2 Å². The van der Waals surface area contributed by atoms with Crippen LogP contribution < -0.4 is 5.32 Å². The molecule has 1 N–H and O–H groups in total. The van der Waals surface area contributed by atoms with Crippen LogP contribution in [0.25, 0.3) is 11.0 Å². The predicted octanol–water partition coefficient (Wildman–Crippen LogP) is 1.85. The number of nitrogens with one attached hydrogen (secondary N) is 1. The van der Waals surface area contributed by atoms with E-state index in [0.717, 1.165) is 16.7 Å². The number of carbonyl (C=O) groups excluding carboxylic acids is 1. The number of carbonyl (C=O) groups is 1. The molecule has 8 nitrogen and oxygen atoms in total. The lowest BCUT2D eigenvalue weighted by atomic mass is 10.3. The second-order valence-electron chi connectivity index (χ2n) is 5.81. The van der Waals surface area contributed by atoms with Crippen LogP contribution >= 0.6 is 0 Å². The van der Waals surface area contributed by atoms with Gasteiger partial charge in [0, 0.05) is 18.7 Å². The van der Waals surface area contributed by atoms with Crippen molar-refractivity contribution in [3.05, 3.63) is 29.4 Å². The molecule has 23 heavy (non-hydrogen) atoms. The summed E-state index contributed by atoms with van der Waals surface area (Å²) < 4.78 is 8.76. The summed E-state index contributed by atoms with van der Waals surface area (Å²) in [6.07, 6.45) is 1.82. The van der Waals surface area contributed by atoms with Crippen LogP contribution in [0.2, 0.25) is 0 Å². The molecule has 0 aliphatic carbocycles. The largest absolute Gasteiger partial charge is 0.351 e. The van der Waals surface area contributed by atoms with E-state index in [-0.39, 0.29) is 17.7 Å². The maximum absolute atomic E-state index is 11.9. The molecule has 0 fully saturated rings. The van der Waals surface area contributed by atoms with Gasteiger partial charge in [-0.15, -0.1) is 0 Å². The van der Waals surface area contributed by atoms with E-state index in [4.69, 9.17) is 4.52 Å². The predicted molar refractivity (Wildman–Crippen MR) is 84.2 cm³/mol. The van der Waals surface area contributed by atoms with Crippen molar-refractivity contribution in [1.29, 1.82) is 0 Å². The summed E-state index contributed by atoms with van der Waals surface area (Å²) in [5.41, 5.74) is 3.63. The average Bonchev–Trinajstić information content (AvgIpc) is 3.17. The van der Waals surface area contributed by atoms with Gasteiger partial charge in [0.1, 0.15) is 11.0 Å². The minimum atomic E-state index is -0.274. The molecule has 8 heteroatoms. The molecule has 3 aromatic heterocycles. The van der Waals surface area contributed by atoms with Gasteiger partial charge >= 0.3 is 0 Å². The lowest BCUT2D eigenvalue weighted by Gasteiger charge is -2.04. The van der Waals surface area contributed by atoms with Gasteiger partial charge in [0.25, 0.3) is 5.91 Å². The Morgan fingerprint density at radius 3 is 2.83 bits per heavy atom. The molecule has 0 saturated carbocycles. The van der Waals surface area contributed by atoms with E-state index in [0.29, 0.717) is 18.8 Å². The summed E-state index contributed by atoms with van der Waals surface area (Å²) in [4.78, 5) is 11.9. The van der Waals surface area contributed by atoms with E-state index < -0.39 is 0 Å². The highest BCUT2D eigenvalue weighted by Gasteiger charge is 2.15. The third-order valence-electron chi connectivity index (χ3n) is 3.62. The lowest BCUT2D eigenvalue weighted by Crippen LogP contribution is -2.27. The monoisotopic (exact) mass is 316 g/mol. The minimum absolute atomic E-state index is 0.219. The minimum Gasteiger partial charge on any atom is -0.351 e. The van der Waals surface area contributed by atoms with E-state index in [1.54, 1.807) is 13.0 Å². The first-order chi connectivity index (χ1) is 11.0. The highest BCUT2D eigenvalue weighted by atomic mass is 16.5. The van der Waals surface area contributed by atoms with Gasteiger partial charge < -0.3 is 9.84 Å². The molecule has 0 saturated heterocycles. The van der Waals surface area contributed by atoms with E-state index in [2.05, 4.69) is 34.5 Å². The van der Waals surface area contributed by atoms with E-state index in [1.807, 2.05) is 22.5 Å². The molecule has 0 bridgehead atoms. The number of amides is 1. The highest BCUT2D eigenvalue weighted by molar-refractivity contribution is 5.91. The Balaban J connectivity index is 1.69. The van der Waals surface area contributed by atoms with Crippen molar-refractivity contribution >= 4 is 16.9 Å². The second-order valence-corrected chi connectivity index (χ2v) is 5.81. The van der Waals surface area contributed by atoms with E-state index >= 15 is 0 Å². The van der Waals surface area contributed by atoms with Crippen molar-refractivity contribution < 1.29 is 9.32 Å². The normalized spacial score (nSPS) is 11.5. The molecule has 0 unspecified atom stereocenters. The van der Waals surface area contributed by atoms with Crippen LogP contribution in [-0.4, -0.2) is 37.2 Å². The zero-order valence-corrected chi connectivity index (χ0v) is 13.7. The molecule has 0 spiro atoms. The molecule has 0 atom stereocenters. The number of fused-ring (bicyclic) bond motifs is 1. The Kier molecular flexibility index (Phi) is 3.89. The summed E-state index contributed by atoms with van der Waals surface area (Å²) in [6, 6.07) is 1.89. The molecule has 0 aromatic carbocycles. The fraction of sp³-hybridized carbons (Fsp3) is 0.467. The molecular weight excluding hydrogens is 296 g/mol. The third-order valence-corrected chi connectivity index (χ3v) is 3.62. The maximum atomic E-state index is 11.9. The summed E-state index contributed by atoms with van der Waals surface area (Å²) in [6.45, 7) is 8.92. The molecule has 122 valence electrons. The van der Waals surface area contributed by atoms with Gasteiger partial charge in [-0.25, -0.2) is 0 Å². The van der Waals surface area contributed by atoms with Crippen LogP contribution in [0.3, 0.4) is 0 Å². The molecule has 3 heterocycles. The third kappa shape index (κ3) is 2.84. The number of rotatable bonds is 5. The fourth-order valence-corrected chi connectivity index (χ4v) is 2.57. The van der Waals surface area contributed by atoms with Crippen LogP contribution in [0, 0.1) is 13.8 Å². The van der Waals surface area contributed by atoms with Crippen molar-refractivity contribution in [1.82, 2.24) is 30.0 Å². The smallest absolute Gasteiger partial charge is 0.289 e.